The Morgan fingerprint density at radius 1 is 0.689 bits per heavy atom. The maximum atomic E-state index is 15.6. The van der Waals surface area contributed by atoms with Crippen LogP contribution < -0.4 is 9.47 Å². The van der Waals surface area contributed by atoms with Gasteiger partial charge in [0.15, 0.2) is 6.10 Å². The van der Waals surface area contributed by atoms with Gasteiger partial charge in [-0.1, -0.05) is 121 Å². The minimum absolute atomic E-state index is 0.0287. The van der Waals surface area contributed by atoms with Crippen LogP contribution in [-0.4, -0.2) is 59.0 Å². The van der Waals surface area contributed by atoms with Gasteiger partial charge in [-0.15, -0.1) is 5.10 Å². The molecule has 0 aliphatic carbocycles. The van der Waals surface area contributed by atoms with Crippen LogP contribution in [0.1, 0.15) is 59.0 Å². The van der Waals surface area contributed by atoms with Gasteiger partial charge in [-0.25, -0.2) is 8.78 Å². The largest absolute Gasteiger partial charge is 0.497 e. The number of aromatic nitrogens is 2. The Morgan fingerprint density at radius 3 is 1.66 bits per heavy atom. The summed E-state index contributed by atoms with van der Waals surface area (Å²) >= 11 is 0. The number of benzene rings is 5. The fourth-order valence-electron chi connectivity index (χ4n) is 7.40. The Kier molecular flexibility index (Phi) is 14.6. The monoisotopic (exact) mass is 834 g/mol. The van der Waals surface area contributed by atoms with Crippen molar-refractivity contribution >= 4 is 0 Å². The molecule has 1 N–H and O–H groups in total. The Labute approximate surface area is 355 Å². The summed E-state index contributed by atoms with van der Waals surface area (Å²) in [6.45, 7) is 6.15. The molecule has 0 bridgehead atoms. The van der Waals surface area contributed by atoms with Crippen molar-refractivity contribution in [2.45, 2.75) is 90.1 Å². The molecule has 1 fully saturated rings. The molecule has 6 aromatic rings. The summed E-state index contributed by atoms with van der Waals surface area (Å²) in [7, 11) is 1.34. The molecule has 0 spiro atoms. The molecule has 1 saturated heterocycles. The average molecular weight is 835 g/mol. The second kappa shape index (κ2) is 20.4. The third kappa shape index (κ3) is 10.9. The van der Waals surface area contributed by atoms with Crippen molar-refractivity contribution in [2.24, 2.45) is 0 Å². The van der Waals surface area contributed by atoms with Crippen LogP contribution in [0.2, 0.25) is 0 Å². The van der Waals surface area contributed by atoms with E-state index < -0.39 is 42.0 Å². The highest BCUT2D eigenvalue weighted by molar-refractivity contribution is 5.40. The van der Waals surface area contributed by atoms with Gasteiger partial charge in [0.1, 0.15) is 35.7 Å². The van der Waals surface area contributed by atoms with E-state index in [9.17, 15) is 5.11 Å². The molecule has 12 heteroatoms. The Balaban J connectivity index is 1.31. The third-order valence-corrected chi connectivity index (χ3v) is 10.6. The molecule has 1 aromatic heterocycles. The number of nitrogens with zero attached hydrogens (tertiary/aromatic N) is 2. The van der Waals surface area contributed by atoms with Gasteiger partial charge in [0.2, 0.25) is 5.88 Å². The highest BCUT2D eigenvalue weighted by Crippen LogP contribution is 2.39. The number of halogens is 2. The molecule has 0 radical (unpaired) electrons. The second-order valence-corrected chi connectivity index (χ2v) is 15.3. The van der Waals surface area contributed by atoms with Crippen LogP contribution in [0.25, 0.3) is 0 Å². The lowest BCUT2D eigenvalue weighted by atomic mass is 9.96. The molecule has 0 saturated carbocycles. The van der Waals surface area contributed by atoms with Crippen molar-refractivity contribution in [3.05, 3.63) is 184 Å². The highest BCUT2D eigenvalue weighted by atomic mass is 19.1. The number of hydrogen-bond acceptors (Lipinski definition) is 9. The van der Waals surface area contributed by atoms with Crippen LogP contribution in [-0.2, 0) is 56.5 Å². The van der Waals surface area contributed by atoms with Gasteiger partial charge in [0, 0.05) is 41.4 Å². The van der Waals surface area contributed by atoms with E-state index in [4.69, 9.17) is 38.3 Å². The van der Waals surface area contributed by atoms with Crippen LogP contribution in [0.4, 0.5) is 8.78 Å². The van der Waals surface area contributed by atoms with Crippen LogP contribution in [0.3, 0.4) is 0 Å². The summed E-state index contributed by atoms with van der Waals surface area (Å²) in [5.74, 6) is -4.29. The van der Waals surface area contributed by atoms with E-state index in [1.165, 1.54) is 7.11 Å². The molecule has 61 heavy (non-hydrogen) atoms. The van der Waals surface area contributed by atoms with Crippen LogP contribution >= 0.6 is 0 Å². The van der Waals surface area contributed by atoms with Crippen molar-refractivity contribution in [3.8, 4) is 11.6 Å². The zero-order chi connectivity index (χ0) is 42.8. The van der Waals surface area contributed by atoms with Crippen LogP contribution in [0.15, 0.2) is 133 Å². The van der Waals surface area contributed by atoms with Gasteiger partial charge in [0.05, 0.1) is 40.1 Å². The topological polar surface area (TPSA) is 103 Å². The number of methoxy groups -OCH3 is 1. The minimum atomic E-state index is -2.61. The standard InChI is InChI=1S/C49H52F2N2O8/c1-33(2)53-34(3)40(27-41-42(50)25-39(55-4)26-43(41)51)48(52-53)61-49(54)47(59-31-38-23-15-8-16-24-38)46(58-30-37-21-13-7-14-22-37)45(57-29-36-19-11-6-12-20-36)44(60-49)32-56-28-35-17-9-5-10-18-35/h5-26,33,44-47,54H,27-32H2,1-4H3/t44-,45-,46+,47-,49+/m1/s1. The van der Waals surface area contributed by atoms with Crippen LogP contribution in [0, 0.1) is 18.6 Å². The Bertz CT molecular complexity index is 2260. The first-order valence-electron chi connectivity index (χ1n) is 20.4. The van der Waals surface area contributed by atoms with E-state index in [2.05, 4.69) is 0 Å². The van der Waals surface area contributed by atoms with Gasteiger partial charge < -0.3 is 38.3 Å². The van der Waals surface area contributed by atoms with Gasteiger partial charge >= 0.3 is 5.97 Å². The SMILES string of the molecule is COc1cc(F)c(Cc2c(O[C@@]3(O)O[C@H](COCc4ccccc4)[C@@H](OCc4ccccc4)[C@H](OCc4ccccc4)[C@H]3OCc3ccccc3)nn(C(C)C)c2C)c(F)c1. The van der Waals surface area contributed by atoms with E-state index in [0.717, 1.165) is 34.4 Å². The average Bonchev–Trinajstić information content (AvgIpc) is 3.57. The summed E-state index contributed by atoms with van der Waals surface area (Å²) < 4.78 is 77.6. The number of rotatable bonds is 19. The summed E-state index contributed by atoms with van der Waals surface area (Å²) in [5.41, 5.74) is 4.20. The van der Waals surface area contributed by atoms with Crippen molar-refractivity contribution in [1.82, 2.24) is 9.78 Å². The number of ether oxygens (including phenoxy) is 7. The molecule has 1 aliphatic rings. The molecule has 5 aromatic carbocycles. The van der Waals surface area contributed by atoms with E-state index in [1.54, 1.807) is 11.6 Å². The lowest BCUT2D eigenvalue weighted by Gasteiger charge is -2.49. The predicted molar refractivity (Wildman–Crippen MR) is 225 cm³/mol. The Morgan fingerprint density at radius 2 is 1.16 bits per heavy atom. The maximum absolute atomic E-state index is 15.6. The van der Waals surface area contributed by atoms with Crippen molar-refractivity contribution in [2.75, 3.05) is 13.7 Å². The zero-order valence-corrected chi connectivity index (χ0v) is 34.8. The third-order valence-electron chi connectivity index (χ3n) is 10.6. The van der Waals surface area contributed by atoms with E-state index in [-0.39, 0.29) is 62.7 Å². The number of hydrogen-bond donors (Lipinski definition) is 1. The lowest BCUT2D eigenvalue weighted by molar-refractivity contribution is -0.436. The fourth-order valence-corrected chi connectivity index (χ4v) is 7.40. The molecule has 0 amide bonds. The predicted octanol–water partition coefficient (Wildman–Crippen LogP) is 9.05. The summed E-state index contributed by atoms with van der Waals surface area (Å²) in [6, 6.07) is 40.5. The molecule has 0 unspecified atom stereocenters. The molecule has 320 valence electrons. The van der Waals surface area contributed by atoms with Crippen molar-refractivity contribution < 1.29 is 47.0 Å². The van der Waals surface area contributed by atoms with Gasteiger partial charge in [-0.2, -0.15) is 0 Å². The normalized spacial score (nSPS) is 20.2. The molecule has 10 nitrogen and oxygen atoms in total. The maximum Gasteiger partial charge on any atom is 0.356 e. The van der Waals surface area contributed by atoms with Gasteiger partial charge in [0.25, 0.3) is 0 Å². The van der Waals surface area contributed by atoms with E-state index in [0.29, 0.717) is 11.3 Å². The molecule has 1 aliphatic heterocycles. The van der Waals surface area contributed by atoms with Crippen molar-refractivity contribution in [3.63, 3.8) is 0 Å². The first-order chi connectivity index (χ1) is 29.6. The van der Waals surface area contributed by atoms with Gasteiger partial charge in [-0.05, 0) is 43.0 Å². The molecule has 2 heterocycles. The molecule has 5 atom stereocenters. The van der Waals surface area contributed by atoms with E-state index in [1.807, 2.05) is 135 Å². The van der Waals surface area contributed by atoms with Crippen molar-refractivity contribution in [1.29, 1.82) is 0 Å². The first-order valence-corrected chi connectivity index (χ1v) is 20.4. The lowest BCUT2D eigenvalue weighted by Crippen LogP contribution is -2.69. The molecular formula is C49H52F2N2O8. The summed E-state index contributed by atoms with van der Waals surface area (Å²) in [4.78, 5) is 0. The Hall–Kier alpha value is -5.47. The summed E-state index contributed by atoms with van der Waals surface area (Å²) in [6.07, 6.45) is -4.55. The first kappa shape index (κ1) is 43.6. The highest BCUT2D eigenvalue weighted by Gasteiger charge is 2.59. The smallest absolute Gasteiger partial charge is 0.356 e. The molecule has 7 rings (SSSR count). The fraction of sp³-hybridized carbons (Fsp3) is 0.327. The quantitative estimate of drug-likeness (QED) is 0.0802. The van der Waals surface area contributed by atoms with Gasteiger partial charge in [-0.3, -0.25) is 4.68 Å². The molecular weight excluding hydrogens is 783 g/mol. The zero-order valence-electron chi connectivity index (χ0n) is 34.8. The van der Waals surface area contributed by atoms with Crippen LogP contribution in [0.5, 0.6) is 11.6 Å². The summed E-state index contributed by atoms with van der Waals surface area (Å²) in [5, 5.41) is 17.8. The second-order valence-electron chi connectivity index (χ2n) is 15.3. The minimum Gasteiger partial charge on any atom is -0.497 e. The van der Waals surface area contributed by atoms with E-state index >= 15 is 8.78 Å². The number of aliphatic hydroxyl groups is 1.